The molecule has 0 N–H and O–H groups in total. The second-order valence-corrected chi connectivity index (χ2v) is 6.19. The lowest BCUT2D eigenvalue weighted by atomic mass is 9.90. The number of pyridine rings is 1. The number of carbonyl (C=O) groups excluding carboxylic acids is 1. The van der Waals surface area contributed by atoms with Crippen LogP contribution in [0.2, 0.25) is 0 Å². The van der Waals surface area contributed by atoms with Crippen LogP contribution in [0.25, 0.3) is 0 Å². The largest absolute Gasteiger partial charge is 0.484 e. The normalized spacial score (nSPS) is 15.4. The number of nitrogens with zero attached hydrogens (tertiary/aromatic N) is 1. The van der Waals surface area contributed by atoms with Crippen molar-refractivity contribution < 1.29 is 9.53 Å². The second kappa shape index (κ2) is 5.98. The standard InChI is InChI=1S/C17H16BrNO2/c1-11(16-4-2-3-7-19-16)21-17-9-13(18)8-12-5-6-14(20)10-15(12)17/h2-4,7-9,11H,5-6,10H2,1H3/t11-/m0/s1. The number of fused-ring (bicyclic) bond motifs is 1. The minimum atomic E-state index is -0.151. The van der Waals surface area contributed by atoms with E-state index >= 15 is 0 Å². The molecule has 3 rings (SSSR count). The molecule has 0 unspecified atom stereocenters. The van der Waals surface area contributed by atoms with Crippen LogP contribution in [0.3, 0.4) is 0 Å². The lowest BCUT2D eigenvalue weighted by molar-refractivity contribution is -0.118. The van der Waals surface area contributed by atoms with Crippen molar-refractivity contribution in [2.75, 3.05) is 0 Å². The summed E-state index contributed by atoms with van der Waals surface area (Å²) >= 11 is 3.52. The van der Waals surface area contributed by atoms with Gasteiger partial charge in [-0.25, -0.2) is 0 Å². The van der Waals surface area contributed by atoms with Crippen molar-refractivity contribution in [2.45, 2.75) is 32.3 Å². The van der Waals surface area contributed by atoms with E-state index in [0.717, 1.165) is 27.9 Å². The highest BCUT2D eigenvalue weighted by Crippen LogP contribution is 2.34. The third-order valence-corrected chi connectivity index (χ3v) is 4.18. The number of carbonyl (C=O) groups is 1. The Balaban J connectivity index is 1.92. The molecule has 0 saturated carbocycles. The molecule has 0 bridgehead atoms. The second-order valence-electron chi connectivity index (χ2n) is 5.27. The predicted octanol–water partition coefficient (Wildman–Crippen LogP) is 4.04. The molecule has 1 atom stereocenters. The van der Waals surface area contributed by atoms with Crippen molar-refractivity contribution in [1.29, 1.82) is 0 Å². The maximum absolute atomic E-state index is 11.7. The molecule has 1 aromatic carbocycles. The topological polar surface area (TPSA) is 39.2 Å². The Morgan fingerprint density at radius 2 is 2.14 bits per heavy atom. The van der Waals surface area contributed by atoms with E-state index < -0.39 is 0 Å². The van der Waals surface area contributed by atoms with E-state index in [4.69, 9.17) is 4.74 Å². The Kier molecular flexibility index (Phi) is 4.06. The first-order chi connectivity index (χ1) is 10.1. The van der Waals surface area contributed by atoms with Crippen LogP contribution in [0.4, 0.5) is 0 Å². The van der Waals surface area contributed by atoms with Crippen molar-refractivity contribution in [3.05, 3.63) is 57.8 Å². The van der Waals surface area contributed by atoms with Gasteiger partial charge in [0.05, 0.1) is 5.69 Å². The minimum Gasteiger partial charge on any atom is -0.484 e. The van der Waals surface area contributed by atoms with Crippen molar-refractivity contribution >= 4 is 21.7 Å². The summed E-state index contributed by atoms with van der Waals surface area (Å²) in [6.07, 6.45) is 3.49. The number of ether oxygens (including phenoxy) is 1. The van der Waals surface area contributed by atoms with Gasteiger partial charge in [0.1, 0.15) is 17.6 Å². The van der Waals surface area contributed by atoms with Crippen LogP contribution in [-0.4, -0.2) is 10.8 Å². The highest BCUT2D eigenvalue weighted by molar-refractivity contribution is 9.10. The number of hydrogen-bond acceptors (Lipinski definition) is 3. The molecule has 1 aliphatic carbocycles. The molecule has 1 aromatic heterocycles. The van der Waals surface area contributed by atoms with Gasteiger partial charge in [-0.15, -0.1) is 0 Å². The molecular weight excluding hydrogens is 330 g/mol. The molecule has 0 aliphatic heterocycles. The predicted molar refractivity (Wildman–Crippen MR) is 84.5 cm³/mol. The third-order valence-electron chi connectivity index (χ3n) is 3.72. The van der Waals surface area contributed by atoms with Gasteiger partial charge in [0, 0.05) is 29.1 Å². The van der Waals surface area contributed by atoms with E-state index in [2.05, 4.69) is 27.0 Å². The van der Waals surface area contributed by atoms with Gasteiger partial charge in [0.25, 0.3) is 0 Å². The molecular formula is C17H16BrNO2. The molecule has 0 amide bonds. The zero-order valence-corrected chi connectivity index (χ0v) is 13.4. The summed E-state index contributed by atoms with van der Waals surface area (Å²) in [5, 5.41) is 0. The molecule has 0 saturated heterocycles. The van der Waals surface area contributed by atoms with Gasteiger partial charge >= 0.3 is 0 Å². The summed E-state index contributed by atoms with van der Waals surface area (Å²) in [7, 11) is 0. The summed E-state index contributed by atoms with van der Waals surface area (Å²) in [6.45, 7) is 1.97. The van der Waals surface area contributed by atoms with Gasteiger partial charge in [-0.1, -0.05) is 22.0 Å². The number of benzene rings is 1. The zero-order chi connectivity index (χ0) is 14.8. The summed E-state index contributed by atoms with van der Waals surface area (Å²) in [4.78, 5) is 16.1. The van der Waals surface area contributed by atoms with E-state index in [0.29, 0.717) is 12.8 Å². The first-order valence-electron chi connectivity index (χ1n) is 7.04. The van der Waals surface area contributed by atoms with Crippen molar-refractivity contribution in [1.82, 2.24) is 4.98 Å². The summed E-state index contributed by atoms with van der Waals surface area (Å²) < 4.78 is 7.07. The Hall–Kier alpha value is -1.68. The SMILES string of the molecule is C[C@H](Oc1cc(Br)cc2c1CC(=O)CC2)c1ccccn1. The number of Topliss-reactive ketones (excluding diaryl/α,β-unsaturated/α-hetero) is 1. The van der Waals surface area contributed by atoms with E-state index in [9.17, 15) is 4.79 Å². The van der Waals surface area contributed by atoms with Gasteiger partial charge < -0.3 is 4.74 Å². The van der Waals surface area contributed by atoms with Crippen LogP contribution < -0.4 is 4.74 Å². The lowest BCUT2D eigenvalue weighted by Gasteiger charge is -2.22. The highest BCUT2D eigenvalue weighted by Gasteiger charge is 2.21. The first-order valence-corrected chi connectivity index (χ1v) is 7.83. The van der Waals surface area contributed by atoms with Crippen LogP contribution >= 0.6 is 15.9 Å². The lowest BCUT2D eigenvalue weighted by Crippen LogP contribution is -2.16. The molecule has 21 heavy (non-hydrogen) atoms. The molecule has 1 aliphatic rings. The average Bonchev–Trinajstić information content (AvgIpc) is 2.49. The maximum Gasteiger partial charge on any atom is 0.138 e. The zero-order valence-electron chi connectivity index (χ0n) is 11.8. The van der Waals surface area contributed by atoms with Gasteiger partial charge in [-0.05, 0) is 43.2 Å². The minimum absolute atomic E-state index is 0.151. The molecule has 4 heteroatoms. The number of aryl methyl sites for hydroxylation is 1. The van der Waals surface area contributed by atoms with Gasteiger partial charge in [-0.3, -0.25) is 9.78 Å². The van der Waals surface area contributed by atoms with Gasteiger partial charge in [0.15, 0.2) is 0 Å². The molecule has 3 nitrogen and oxygen atoms in total. The summed E-state index contributed by atoms with van der Waals surface area (Å²) in [6, 6.07) is 9.80. The van der Waals surface area contributed by atoms with Crippen LogP contribution in [0.15, 0.2) is 41.0 Å². The molecule has 2 aromatic rings. The van der Waals surface area contributed by atoms with Crippen LogP contribution in [0.5, 0.6) is 5.75 Å². The maximum atomic E-state index is 11.7. The fraction of sp³-hybridized carbons (Fsp3) is 0.294. The Morgan fingerprint density at radius 3 is 2.90 bits per heavy atom. The quantitative estimate of drug-likeness (QED) is 0.842. The van der Waals surface area contributed by atoms with Gasteiger partial charge in [-0.2, -0.15) is 0 Å². The molecule has 0 fully saturated rings. The van der Waals surface area contributed by atoms with Crippen molar-refractivity contribution in [3.8, 4) is 5.75 Å². The van der Waals surface area contributed by atoms with Gasteiger partial charge in [0.2, 0.25) is 0 Å². The van der Waals surface area contributed by atoms with Crippen molar-refractivity contribution in [2.24, 2.45) is 0 Å². The number of ketones is 1. The Labute approximate surface area is 132 Å². The highest BCUT2D eigenvalue weighted by atomic mass is 79.9. The number of rotatable bonds is 3. The summed E-state index contributed by atoms with van der Waals surface area (Å²) in [5.41, 5.74) is 3.11. The molecule has 0 spiro atoms. The number of aromatic nitrogens is 1. The van der Waals surface area contributed by atoms with E-state index in [1.807, 2.05) is 31.2 Å². The Morgan fingerprint density at radius 1 is 1.29 bits per heavy atom. The average molecular weight is 346 g/mol. The molecule has 1 heterocycles. The summed E-state index contributed by atoms with van der Waals surface area (Å²) in [5.74, 6) is 1.06. The van der Waals surface area contributed by atoms with Crippen LogP contribution in [-0.2, 0) is 17.6 Å². The third kappa shape index (κ3) is 3.16. The molecule has 0 radical (unpaired) electrons. The smallest absolute Gasteiger partial charge is 0.138 e. The fourth-order valence-corrected chi connectivity index (χ4v) is 3.11. The number of halogens is 1. The monoisotopic (exact) mass is 345 g/mol. The first kappa shape index (κ1) is 14.3. The van der Waals surface area contributed by atoms with Crippen LogP contribution in [0, 0.1) is 0 Å². The van der Waals surface area contributed by atoms with Crippen LogP contribution in [0.1, 0.15) is 36.3 Å². The van der Waals surface area contributed by atoms with E-state index in [-0.39, 0.29) is 11.9 Å². The Bertz CT molecular complexity index is 670. The van der Waals surface area contributed by atoms with Crippen molar-refractivity contribution in [3.63, 3.8) is 0 Å². The number of hydrogen-bond donors (Lipinski definition) is 0. The van der Waals surface area contributed by atoms with E-state index in [1.165, 1.54) is 5.56 Å². The van der Waals surface area contributed by atoms with E-state index in [1.54, 1.807) is 6.20 Å². The molecule has 108 valence electrons. The fourth-order valence-electron chi connectivity index (χ4n) is 2.62.